The predicted molar refractivity (Wildman–Crippen MR) is 94.1 cm³/mol. The standard InChI is InChI=1S/C14H10BrCl2N3S/c1-20-14(18)12(11-8(16)3-2-4-9(11)17)13(19-20)7-5-10(15)21-6-7/h2-6H,18H2,1H3. The third-order valence-corrected chi connectivity index (χ3v) is 5.28. The van der Waals surface area contributed by atoms with Crippen LogP contribution in [0.1, 0.15) is 0 Å². The summed E-state index contributed by atoms with van der Waals surface area (Å²) in [5.41, 5.74) is 9.41. The first kappa shape index (κ1) is 14.9. The molecule has 0 aliphatic carbocycles. The second kappa shape index (κ2) is 5.65. The monoisotopic (exact) mass is 401 g/mol. The van der Waals surface area contributed by atoms with Gasteiger partial charge in [-0.05, 0) is 34.1 Å². The Bertz CT molecular complexity index is 805. The van der Waals surface area contributed by atoms with Gasteiger partial charge in [-0.1, -0.05) is 29.3 Å². The molecule has 0 aliphatic rings. The van der Waals surface area contributed by atoms with Crippen molar-refractivity contribution in [2.75, 3.05) is 5.73 Å². The van der Waals surface area contributed by atoms with Crippen molar-refractivity contribution in [3.63, 3.8) is 0 Å². The highest BCUT2D eigenvalue weighted by Gasteiger charge is 2.22. The van der Waals surface area contributed by atoms with Crippen LogP contribution in [0.2, 0.25) is 10.0 Å². The summed E-state index contributed by atoms with van der Waals surface area (Å²) in [5.74, 6) is 0.530. The van der Waals surface area contributed by atoms with E-state index in [2.05, 4.69) is 21.0 Å². The molecule has 3 aromatic rings. The molecule has 0 radical (unpaired) electrons. The summed E-state index contributed by atoms with van der Waals surface area (Å²) in [6, 6.07) is 7.40. The number of anilines is 1. The Morgan fingerprint density at radius 1 is 1.24 bits per heavy atom. The normalized spacial score (nSPS) is 11.0. The summed E-state index contributed by atoms with van der Waals surface area (Å²) in [4.78, 5) is 0. The number of aryl methyl sites for hydroxylation is 1. The molecule has 0 saturated heterocycles. The second-order valence-corrected chi connectivity index (χ2v) is 7.57. The molecule has 0 aliphatic heterocycles. The second-order valence-electron chi connectivity index (χ2n) is 4.47. The largest absolute Gasteiger partial charge is 0.383 e. The Morgan fingerprint density at radius 2 is 1.90 bits per heavy atom. The molecule has 0 fully saturated rings. The lowest BCUT2D eigenvalue weighted by atomic mass is 10.0. The number of hydrogen-bond donors (Lipinski definition) is 1. The number of nitrogen functional groups attached to an aromatic ring is 1. The van der Waals surface area contributed by atoms with Crippen molar-refractivity contribution in [3.05, 3.63) is 43.5 Å². The zero-order valence-corrected chi connectivity index (χ0v) is 14.8. The van der Waals surface area contributed by atoms with Gasteiger partial charge in [0.25, 0.3) is 0 Å². The van der Waals surface area contributed by atoms with Crippen molar-refractivity contribution in [2.24, 2.45) is 7.05 Å². The van der Waals surface area contributed by atoms with E-state index in [4.69, 9.17) is 28.9 Å². The van der Waals surface area contributed by atoms with Gasteiger partial charge in [0, 0.05) is 23.6 Å². The van der Waals surface area contributed by atoms with E-state index in [1.165, 1.54) is 0 Å². The topological polar surface area (TPSA) is 43.8 Å². The lowest BCUT2D eigenvalue weighted by Crippen LogP contribution is -1.98. The van der Waals surface area contributed by atoms with E-state index in [0.29, 0.717) is 21.4 Å². The highest BCUT2D eigenvalue weighted by Crippen LogP contribution is 2.44. The van der Waals surface area contributed by atoms with Crippen LogP contribution in [0, 0.1) is 0 Å². The van der Waals surface area contributed by atoms with Crippen LogP contribution in [0.15, 0.2) is 33.4 Å². The zero-order chi connectivity index (χ0) is 15.1. The van der Waals surface area contributed by atoms with Gasteiger partial charge in [0.05, 0.1) is 19.4 Å². The third-order valence-electron chi connectivity index (χ3n) is 3.15. The van der Waals surface area contributed by atoms with Gasteiger partial charge < -0.3 is 5.73 Å². The van der Waals surface area contributed by atoms with Gasteiger partial charge in [-0.2, -0.15) is 5.10 Å². The fourth-order valence-electron chi connectivity index (χ4n) is 2.16. The number of aromatic nitrogens is 2. The van der Waals surface area contributed by atoms with Gasteiger partial charge in [-0.15, -0.1) is 11.3 Å². The molecule has 7 heteroatoms. The number of hydrogen-bond acceptors (Lipinski definition) is 3. The van der Waals surface area contributed by atoms with Gasteiger partial charge in [-0.3, -0.25) is 4.68 Å². The van der Waals surface area contributed by atoms with Crippen LogP contribution in [0.3, 0.4) is 0 Å². The summed E-state index contributed by atoms with van der Waals surface area (Å²) >= 11 is 17.7. The maximum Gasteiger partial charge on any atom is 0.130 e. The van der Waals surface area contributed by atoms with Gasteiger partial charge >= 0.3 is 0 Å². The lowest BCUT2D eigenvalue weighted by molar-refractivity contribution is 0.782. The molecule has 0 amide bonds. The molecule has 2 aromatic heterocycles. The van der Waals surface area contributed by atoms with Crippen LogP contribution >= 0.6 is 50.5 Å². The highest BCUT2D eigenvalue weighted by molar-refractivity contribution is 9.11. The molecule has 3 rings (SSSR count). The molecule has 21 heavy (non-hydrogen) atoms. The maximum absolute atomic E-state index is 6.33. The average molecular weight is 403 g/mol. The molecule has 3 nitrogen and oxygen atoms in total. The first-order valence-corrected chi connectivity index (χ1v) is 8.43. The van der Waals surface area contributed by atoms with Crippen LogP contribution in [0.25, 0.3) is 22.4 Å². The minimum Gasteiger partial charge on any atom is -0.383 e. The minimum absolute atomic E-state index is 0.530. The molecule has 0 atom stereocenters. The Balaban J connectivity index is 2.32. The van der Waals surface area contributed by atoms with Crippen LogP contribution in [0.4, 0.5) is 5.82 Å². The summed E-state index contributed by atoms with van der Waals surface area (Å²) in [7, 11) is 1.80. The number of nitrogens with two attached hydrogens (primary N) is 1. The van der Waals surface area contributed by atoms with Crippen LogP contribution in [-0.4, -0.2) is 9.78 Å². The van der Waals surface area contributed by atoms with Crippen LogP contribution in [0.5, 0.6) is 0 Å². The number of rotatable bonds is 2. The quantitative estimate of drug-likeness (QED) is 0.617. The van der Waals surface area contributed by atoms with Gasteiger partial charge in [0.15, 0.2) is 0 Å². The number of thiophene rings is 1. The Labute approximate surface area is 144 Å². The maximum atomic E-state index is 6.33. The van der Waals surface area contributed by atoms with Crippen molar-refractivity contribution >= 4 is 56.3 Å². The summed E-state index contributed by atoms with van der Waals surface area (Å²) in [6.45, 7) is 0. The molecular formula is C14H10BrCl2N3S. The SMILES string of the molecule is Cn1nc(-c2csc(Br)c2)c(-c2c(Cl)cccc2Cl)c1N. The van der Waals surface area contributed by atoms with E-state index in [1.807, 2.05) is 17.5 Å². The Morgan fingerprint density at radius 3 is 2.48 bits per heavy atom. The van der Waals surface area contributed by atoms with Crippen molar-refractivity contribution in [2.45, 2.75) is 0 Å². The van der Waals surface area contributed by atoms with E-state index in [1.54, 1.807) is 35.2 Å². The fraction of sp³-hybridized carbons (Fsp3) is 0.0714. The Hall–Kier alpha value is -1.01. The fourth-order valence-corrected chi connectivity index (χ4v) is 3.88. The van der Waals surface area contributed by atoms with E-state index in [0.717, 1.165) is 20.6 Å². The number of benzene rings is 1. The molecule has 108 valence electrons. The molecule has 0 unspecified atom stereocenters. The summed E-state index contributed by atoms with van der Waals surface area (Å²) in [6.07, 6.45) is 0. The summed E-state index contributed by atoms with van der Waals surface area (Å²) in [5, 5.41) is 7.63. The predicted octanol–water partition coefficient (Wildman–Crippen LogP) is 5.47. The molecule has 0 bridgehead atoms. The van der Waals surface area contributed by atoms with Crippen molar-refractivity contribution in [3.8, 4) is 22.4 Å². The van der Waals surface area contributed by atoms with Crippen LogP contribution < -0.4 is 5.73 Å². The first-order valence-electron chi connectivity index (χ1n) is 6.00. The third kappa shape index (κ3) is 2.59. The van der Waals surface area contributed by atoms with Crippen LogP contribution in [-0.2, 0) is 7.05 Å². The Kier molecular flexibility index (Phi) is 4.01. The molecule has 1 aromatic carbocycles. The highest BCUT2D eigenvalue weighted by atomic mass is 79.9. The smallest absolute Gasteiger partial charge is 0.130 e. The molecule has 2 N–H and O–H groups in total. The van der Waals surface area contributed by atoms with E-state index in [-0.39, 0.29) is 0 Å². The van der Waals surface area contributed by atoms with Gasteiger partial charge in [0.2, 0.25) is 0 Å². The average Bonchev–Trinajstić information content (AvgIpc) is 2.97. The number of halogens is 3. The minimum atomic E-state index is 0.530. The zero-order valence-electron chi connectivity index (χ0n) is 10.9. The van der Waals surface area contributed by atoms with Gasteiger partial charge in [-0.25, -0.2) is 0 Å². The molecule has 0 saturated carbocycles. The van der Waals surface area contributed by atoms with E-state index >= 15 is 0 Å². The first-order chi connectivity index (χ1) is 9.99. The van der Waals surface area contributed by atoms with Crippen molar-refractivity contribution < 1.29 is 0 Å². The van der Waals surface area contributed by atoms with E-state index in [9.17, 15) is 0 Å². The van der Waals surface area contributed by atoms with Crippen molar-refractivity contribution in [1.82, 2.24) is 9.78 Å². The molecular weight excluding hydrogens is 393 g/mol. The molecule has 0 spiro atoms. The number of nitrogens with zero attached hydrogens (tertiary/aromatic N) is 2. The summed E-state index contributed by atoms with van der Waals surface area (Å²) < 4.78 is 2.66. The van der Waals surface area contributed by atoms with Crippen molar-refractivity contribution in [1.29, 1.82) is 0 Å². The van der Waals surface area contributed by atoms with Gasteiger partial charge in [0.1, 0.15) is 11.5 Å². The van der Waals surface area contributed by atoms with E-state index < -0.39 is 0 Å². The molecule has 2 heterocycles. The lowest BCUT2D eigenvalue weighted by Gasteiger charge is -2.08.